The SMILES string of the molecule is Cc1cc(C)cc(C(C)NC(=O)N(C)Cc2ccc(F)cc2)c1. The summed E-state index contributed by atoms with van der Waals surface area (Å²) in [6.07, 6.45) is 0. The van der Waals surface area contributed by atoms with Gasteiger partial charge in [0.2, 0.25) is 0 Å². The van der Waals surface area contributed by atoms with E-state index >= 15 is 0 Å². The third kappa shape index (κ3) is 4.81. The predicted octanol–water partition coefficient (Wildman–Crippen LogP) is 4.35. The van der Waals surface area contributed by atoms with E-state index in [4.69, 9.17) is 0 Å². The Morgan fingerprint density at radius 1 is 1.13 bits per heavy atom. The lowest BCUT2D eigenvalue weighted by Gasteiger charge is -2.22. The molecule has 0 bridgehead atoms. The second-order valence-electron chi connectivity index (χ2n) is 6.07. The van der Waals surface area contributed by atoms with Crippen LogP contribution >= 0.6 is 0 Å². The summed E-state index contributed by atoms with van der Waals surface area (Å²) in [6.45, 7) is 6.50. The number of halogens is 1. The highest BCUT2D eigenvalue weighted by Crippen LogP contribution is 2.17. The molecule has 3 nitrogen and oxygen atoms in total. The third-order valence-corrected chi connectivity index (χ3v) is 3.76. The minimum absolute atomic E-state index is 0.0724. The number of benzene rings is 2. The van der Waals surface area contributed by atoms with Gasteiger partial charge in [0, 0.05) is 13.6 Å². The van der Waals surface area contributed by atoms with E-state index in [9.17, 15) is 9.18 Å². The van der Waals surface area contributed by atoms with Crippen LogP contribution in [0.25, 0.3) is 0 Å². The summed E-state index contributed by atoms with van der Waals surface area (Å²) in [7, 11) is 1.73. The van der Waals surface area contributed by atoms with Crippen LogP contribution < -0.4 is 5.32 Å². The molecule has 0 spiro atoms. The van der Waals surface area contributed by atoms with Crippen LogP contribution in [0.4, 0.5) is 9.18 Å². The zero-order valence-electron chi connectivity index (χ0n) is 14.1. The molecular weight excluding hydrogens is 291 g/mol. The van der Waals surface area contributed by atoms with Gasteiger partial charge < -0.3 is 10.2 Å². The van der Waals surface area contributed by atoms with E-state index in [1.54, 1.807) is 24.1 Å². The van der Waals surface area contributed by atoms with Crippen molar-refractivity contribution in [3.63, 3.8) is 0 Å². The second-order valence-corrected chi connectivity index (χ2v) is 6.07. The van der Waals surface area contributed by atoms with Crippen molar-refractivity contribution in [2.75, 3.05) is 7.05 Å². The molecule has 0 saturated carbocycles. The highest BCUT2D eigenvalue weighted by atomic mass is 19.1. The van der Waals surface area contributed by atoms with E-state index in [0.717, 1.165) is 11.1 Å². The number of hydrogen-bond donors (Lipinski definition) is 1. The highest BCUT2D eigenvalue weighted by Gasteiger charge is 2.14. The fourth-order valence-corrected chi connectivity index (χ4v) is 2.57. The molecule has 4 heteroatoms. The van der Waals surface area contributed by atoms with Gasteiger partial charge in [0.05, 0.1) is 6.04 Å². The Labute approximate surface area is 137 Å². The van der Waals surface area contributed by atoms with Gasteiger partial charge in [-0.3, -0.25) is 0 Å². The number of nitrogens with zero attached hydrogens (tertiary/aromatic N) is 1. The van der Waals surface area contributed by atoms with Gasteiger partial charge in [0.15, 0.2) is 0 Å². The van der Waals surface area contributed by atoms with Crippen molar-refractivity contribution in [3.05, 3.63) is 70.5 Å². The van der Waals surface area contributed by atoms with Gasteiger partial charge in [-0.1, -0.05) is 41.5 Å². The minimum Gasteiger partial charge on any atom is -0.331 e. The Morgan fingerprint density at radius 2 is 1.70 bits per heavy atom. The fourth-order valence-electron chi connectivity index (χ4n) is 2.57. The van der Waals surface area contributed by atoms with Crippen LogP contribution in [0.1, 0.15) is 35.2 Å². The summed E-state index contributed by atoms with van der Waals surface area (Å²) in [6, 6.07) is 12.2. The van der Waals surface area contributed by atoms with E-state index < -0.39 is 0 Å². The molecule has 0 aliphatic rings. The lowest BCUT2D eigenvalue weighted by molar-refractivity contribution is 0.203. The number of hydrogen-bond acceptors (Lipinski definition) is 1. The molecule has 2 aromatic carbocycles. The van der Waals surface area contributed by atoms with Crippen molar-refractivity contribution < 1.29 is 9.18 Å². The topological polar surface area (TPSA) is 32.3 Å². The highest BCUT2D eigenvalue weighted by molar-refractivity contribution is 5.74. The molecule has 0 aliphatic heterocycles. The van der Waals surface area contributed by atoms with Crippen LogP contribution in [0.2, 0.25) is 0 Å². The molecule has 122 valence electrons. The number of aryl methyl sites for hydroxylation is 2. The Hall–Kier alpha value is -2.36. The van der Waals surface area contributed by atoms with Gasteiger partial charge in [0.1, 0.15) is 5.82 Å². The van der Waals surface area contributed by atoms with Gasteiger partial charge in [-0.25, -0.2) is 9.18 Å². The van der Waals surface area contributed by atoms with Crippen molar-refractivity contribution in [2.24, 2.45) is 0 Å². The quantitative estimate of drug-likeness (QED) is 0.894. The summed E-state index contributed by atoms with van der Waals surface area (Å²) < 4.78 is 12.9. The Bertz CT molecular complexity index is 662. The minimum atomic E-state index is -0.274. The Balaban J connectivity index is 1.98. The summed E-state index contributed by atoms with van der Waals surface area (Å²) in [5.41, 5.74) is 4.34. The van der Waals surface area contributed by atoms with Crippen LogP contribution in [-0.2, 0) is 6.54 Å². The Kier molecular flexibility index (Phi) is 5.37. The average molecular weight is 314 g/mol. The molecule has 0 fully saturated rings. The molecule has 2 rings (SSSR count). The standard InChI is InChI=1S/C19H23FN2O/c1-13-9-14(2)11-17(10-13)15(3)21-19(23)22(4)12-16-5-7-18(20)8-6-16/h5-11,15H,12H2,1-4H3,(H,21,23). The van der Waals surface area contributed by atoms with E-state index in [1.165, 1.54) is 23.3 Å². The number of carbonyl (C=O) groups is 1. The monoisotopic (exact) mass is 314 g/mol. The van der Waals surface area contributed by atoms with Crippen LogP contribution in [0.5, 0.6) is 0 Å². The number of rotatable bonds is 4. The van der Waals surface area contributed by atoms with Crippen LogP contribution in [0.15, 0.2) is 42.5 Å². The normalized spacial score (nSPS) is 11.9. The summed E-state index contributed by atoms with van der Waals surface area (Å²) in [5, 5.41) is 2.99. The number of nitrogens with one attached hydrogen (secondary N) is 1. The maximum atomic E-state index is 12.9. The molecule has 0 aliphatic carbocycles. The van der Waals surface area contributed by atoms with Crippen molar-refractivity contribution in [3.8, 4) is 0 Å². The molecule has 23 heavy (non-hydrogen) atoms. The van der Waals surface area contributed by atoms with Gasteiger partial charge in [0.25, 0.3) is 0 Å². The summed E-state index contributed by atoms with van der Waals surface area (Å²) >= 11 is 0. The van der Waals surface area contributed by atoms with Crippen molar-refractivity contribution in [1.29, 1.82) is 0 Å². The van der Waals surface area contributed by atoms with Crippen molar-refractivity contribution in [1.82, 2.24) is 10.2 Å². The average Bonchev–Trinajstić information content (AvgIpc) is 2.48. The van der Waals surface area contributed by atoms with Gasteiger partial charge in [-0.2, -0.15) is 0 Å². The molecule has 0 heterocycles. The largest absolute Gasteiger partial charge is 0.331 e. The maximum absolute atomic E-state index is 12.9. The van der Waals surface area contributed by atoms with E-state index in [1.807, 2.05) is 20.8 Å². The van der Waals surface area contributed by atoms with Crippen LogP contribution in [-0.4, -0.2) is 18.0 Å². The Morgan fingerprint density at radius 3 is 2.26 bits per heavy atom. The number of urea groups is 1. The lowest BCUT2D eigenvalue weighted by atomic mass is 10.0. The summed E-state index contributed by atoms with van der Waals surface area (Å²) in [5.74, 6) is -0.274. The molecule has 0 saturated heterocycles. The first-order valence-electron chi connectivity index (χ1n) is 7.69. The molecule has 0 aromatic heterocycles. The first kappa shape index (κ1) is 17.0. The molecule has 2 amide bonds. The lowest BCUT2D eigenvalue weighted by Crippen LogP contribution is -2.38. The molecule has 1 atom stereocenters. The van der Waals surface area contributed by atoms with E-state index in [-0.39, 0.29) is 17.9 Å². The van der Waals surface area contributed by atoms with E-state index in [2.05, 4.69) is 23.5 Å². The van der Waals surface area contributed by atoms with Crippen molar-refractivity contribution in [2.45, 2.75) is 33.4 Å². The van der Waals surface area contributed by atoms with Gasteiger partial charge in [-0.15, -0.1) is 0 Å². The van der Waals surface area contributed by atoms with Crippen LogP contribution in [0, 0.1) is 19.7 Å². The zero-order valence-corrected chi connectivity index (χ0v) is 14.1. The number of carbonyl (C=O) groups excluding carboxylic acids is 1. The first-order chi connectivity index (χ1) is 10.8. The smallest absolute Gasteiger partial charge is 0.317 e. The van der Waals surface area contributed by atoms with Gasteiger partial charge >= 0.3 is 6.03 Å². The van der Waals surface area contributed by atoms with Crippen LogP contribution in [0.3, 0.4) is 0 Å². The second kappa shape index (κ2) is 7.27. The third-order valence-electron chi connectivity index (χ3n) is 3.76. The molecular formula is C19H23FN2O. The summed E-state index contributed by atoms with van der Waals surface area (Å²) in [4.78, 5) is 13.9. The van der Waals surface area contributed by atoms with Crippen molar-refractivity contribution >= 4 is 6.03 Å². The molecule has 1 unspecified atom stereocenters. The maximum Gasteiger partial charge on any atom is 0.317 e. The van der Waals surface area contributed by atoms with Gasteiger partial charge in [-0.05, 0) is 44.0 Å². The molecule has 0 radical (unpaired) electrons. The number of amides is 2. The predicted molar refractivity (Wildman–Crippen MR) is 90.7 cm³/mol. The zero-order chi connectivity index (χ0) is 17.0. The van der Waals surface area contributed by atoms with E-state index in [0.29, 0.717) is 6.54 Å². The molecule has 1 N–H and O–H groups in total. The molecule has 2 aromatic rings. The first-order valence-corrected chi connectivity index (χ1v) is 7.69. The fraction of sp³-hybridized carbons (Fsp3) is 0.316.